The van der Waals surface area contributed by atoms with Crippen LogP contribution in [0.1, 0.15) is 6.92 Å². The predicted octanol–water partition coefficient (Wildman–Crippen LogP) is 1.10. The van der Waals surface area contributed by atoms with Crippen LogP contribution < -0.4 is 10.1 Å². The summed E-state index contributed by atoms with van der Waals surface area (Å²) in [6.45, 7) is 1.36. The number of halogens is 1. The van der Waals surface area contributed by atoms with Crippen molar-refractivity contribution < 1.29 is 9.53 Å². The van der Waals surface area contributed by atoms with Crippen LogP contribution in [-0.4, -0.2) is 23.0 Å². The Hall–Kier alpha value is -1.36. The van der Waals surface area contributed by atoms with Gasteiger partial charge in [-0.15, -0.1) is 0 Å². The Labute approximate surface area is 80.1 Å². The Morgan fingerprint density at radius 1 is 1.69 bits per heavy atom. The zero-order chi connectivity index (χ0) is 9.84. The molecule has 0 saturated carbocycles. The number of hydrogen-bond donors (Lipinski definition) is 1. The Kier molecular flexibility index (Phi) is 3.02. The highest BCUT2D eigenvalue weighted by atomic mass is 35.5. The maximum absolute atomic E-state index is 10.7. The maximum atomic E-state index is 10.7. The lowest BCUT2D eigenvalue weighted by atomic mass is 10.6. The first-order valence-electron chi connectivity index (χ1n) is 3.47. The smallest absolute Gasteiger partial charge is 0.234 e. The highest BCUT2D eigenvalue weighted by Crippen LogP contribution is 2.18. The van der Waals surface area contributed by atoms with Crippen LogP contribution in [0.4, 0.5) is 5.82 Å². The maximum Gasteiger partial charge on any atom is 0.234 e. The fourth-order valence-corrected chi connectivity index (χ4v) is 0.841. The van der Waals surface area contributed by atoms with Crippen molar-refractivity contribution >= 4 is 23.3 Å². The van der Waals surface area contributed by atoms with Gasteiger partial charge in [-0.2, -0.15) is 4.98 Å². The van der Waals surface area contributed by atoms with E-state index in [1.54, 1.807) is 0 Å². The summed E-state index contributed by atoms with van der Waals surface area (Å²) in [4.78, 5) is 18.3. The number of ether oxygens (including phenoxy) is 1. The van der Waals surface area contributed by atoms with E-state index in [-0.39, 0.29) is 16.9 Å². The quantitative estimate of drug-likeness (QED) is 0.778. The van der Waals surface area contributed by atoms with E-state index < -0.39 is 0 Å². The van der Waals surface area contributed by atoms with Crippen molar-refractivity contribution in [2.45, 2.75) is 6.92 Å². The topological polar surface area (TPSA) is 64.1 Å². The molecule has 1 amide bonds. The van der Waals surface area contributed by atoms with E-state index in [9.17, 15) is 4.79 Å². The van der Waals surface area contributed by atoms with Crippen LogP contribution in [-0.2, 0) is 4.79 Å². The summed E-state index contributed by atoms with van der Waals surface area (Å²) < 4.78 is 4.81. The molecule has 13 heavy (non-hydrogen) atoms. The number of amides is 1. The second-order valence-electron chi connectivity index (χ2n) is 2.23. The minimum atomic E-state index is -0.260. The molecule has 1 aromatic rings. The lowest BCUT2D eigenvalue weighted by molar-refractivity contribution is -0.114. The summed E-state index contributed by atoms with van der Waals surface area (Å²) >= 11 is 5.65. The normalized spacial score (nSPS) is 9.46. The molecule has 0 fully saturated rings. The van der Waals surface area contributed by atoms with Crippen molar-refractivity contribution in [3.63, 3.8) is 0 Å². The highest BCUT2D eigenvalue weighted by Gasteiger charge is 2.06. The monoisotopic (exact) mass is 201 g/mol. The number of rotatable bonds is 2. The number of nitrogens with zero attached hydrogens (tertiary/aromatic N) is 2. The molecule has 1 N–H and O–H groups in total. The van der Waals surface area contributed by atoms with Crippen LogP contribution in [0, 0.1) is 0 Å². The van der Waals surface area contributed by atoms with Crippen LogP contribution >= 0.6 is 11.6 Å². The highest BCUT2D eigenvalue weighted by molar-refractivity contribution is 6.32. The molecule has 70 valence electrons. The minimum absolute atomic E-state index is 0.135. The molecular weight excluding hydrogens is 194 g/mol. The van der Waals surface area contributed by atoms with Crippen molar-refractivity contribution in [3.8, 4) is 5.88 Å². The number of methoxy groups -OCH3 is 1. The van der Waals surface area contributed by atoms with E-state index in [2.05, 4.69) is 15.3 Å². The van der Waals surface area contributed by atoms with Crippen LogP contribution in [0.5, 0.6) is 5.88 Å². The van der Waals surface area contributed by atoms with Crippen molar-refractivity contribution in [1.82, 2.24) is 9.97 Å². The van der Waals surface area contributed by atoms with Gasteiger partial charge in [-0.3, -0.25) is 4.79 Å². The van der Waals surface area contributed by atoms with Gasteiger partial charge in [-0.1, -0.05) is 11.6 Å². The number of nitrogens with one attached hydrogen (secondary N) is 1. The van der Waals surface area contributed by atoms with E-state index in [4.69, 9.17) is 16.3 Å². The Morgan fingerprint density at radius 2 is 2.38 bits per heavy atom. The molecule has 1 rings (SSSR count). The molecule has 1 aromatic heterocycles. The molecule has 6 heteroatoms. The number of carbonyl (C=O) groups excluding carboxylic acids is 1. The second-order valence-corrected chi connectivity index (χ2v) is 2.59. The molecule has 1 heterocycles. The van der Waals surface area contributed by atoms with Gasteiger partial charge in [0, 0.05) is 6.92 Å². The predicted molar refractivity (Wildman–Crippen MR) is 47.9 cm³/mol. The lowest BCUT2D eigenvalue weighted by Gasteiger charge is -2.04. The van der Waals surface area contributed by atoms with Crippen molar-refractivity contribution in [2.24, 2.45) is 0 Å². The second kappa shape index (κ2) is 4.04. The molecule has 0 aromatic carbocycles. The van der Waals surface area contributed by atoms with E-state index in [1.165, 1.54) is 20.2 Å². The van der Waals surface area contributed by atoms with Gasteiger partial charge in [0.2, 0.25) is 11.8 Å². The molecule has 0 aliphatic heterocycles. The minimum Gasteiger partial charge on any atom is -0.480 e. The Balaban J connectivity index is 2.96. The van der Waals surface area contributed by atoms with Gasteiger partial charge in [0.1, 0.15) is 0 Å². The fraction of sp³-hybridized carbons (Fsp3) is 0.286. The molecule has 0 saturated heterocycles. The summed E-state index contributed by atoms with van der Waals surface area (Å²) in [5.41, 5.74) is 0. The molecule has 0 radical (unpaired) electrons. The zero-order valence-electron chi connectivity index (χ0n) is 7.17. The van der Waals surface area contributed by atoms with E-state index in [1.807, 2.05) is 0 Å². The zero-order valence-corrected chi connectivity index (χ0v) is 7.92. The third-order valence-electron chi connectivity index (χ3n) is 1.21. The fourth-order valence-electron chi connectivity index (χ4n) is 0.703. The Morgan fingerprint density at radius 3 is 2.92 bits per heavy atom. The molecule has 0 unspecified atom stereocenters. The first-order chi connectivity index (χ1) is 6.13. The van der Waals surface area contributed by atoms with Crippen LogP contribution in [0.15, 0.2) is 6.20 Å². The summed E-state index contributed by atoms with van der Waals surface area (Å²) in [6, 6.07) is 0. The third kappa shape index (κ3) is 2.55. The van der Waals surface area contributed by atoms with Crippen LogP contribution in [0.3, 0.4) is 0 Å². The molecule has 0 aliphatic rings. The summed E-state index contributed by atoms with van der Waals surface area (Å²) in [6.07, 6.45) is 1.37. The van der Waals surface area contributed by atoms with E-state index in [0.717, 1.165) is 0 Å². The first kappa shape index (κ1) is 9.73. The standard InChI is InChI=1S/C7H8ClN3O2/c1-4(12)10-7-6(8)9-3-5(11-7)13-2/h3H,1-2H3,(H,10,11,12). The van der Waals surface area contributed by atoms with Gasteiger partial charge < -0.3 is 10.1 Å². The van der Waals surface area contributed by atoms with E-state index >= 15 is 0 Å². The molecular formula is C7H8ClN3O2. The average molecular weight is 202 g/mol. The van der Waals surface area contributed by atoms with Gasteiger partial charge in [0.05, 0.1) is 13.3 Å². The van der Waals surface area contributed by atoms with Crippen LogP contribution in [0.25, 0.3) is 0 Å². The number of hydrogen-bond acceptors (Lipinski definition) is 4. The number of aromatic nitrogens is 2. The molecule has 0 atom stereocenters. The van der Waals surface area contributed by atoms with Crippen LogP contribution in [0.2, 0.25) is 5.15 Å². The third-order valence-corrected chi connectivity index (χ3v) is 1.49. The Bertz CT molecular complexity index is 330. The summed E-state index contributed by atoms with van der Waals surface area (Å²) in [5.74, 6) is 0.242. The van der Waals surface area contributed by atoms with Crippen molar-refractivity contribution in [1.29, 1.82) is 0 Å². The largest absolute Gasteiger partial charge is 0.480 e. The first-order valence-corrected chi connectivity index (χ1v) is 3.85. The van der Waals surface area contributed by atoms with Crippen molar-refractivity contribution in [2.75, 3.05) is 12.4 Å². The van der Waals surface area contributed by atoms with Crippen molar-refractivity contribution in [3.05, 3.63) is 11.3 Å². The molecule has 0 aliphatic carbocycles. The lowest BCUT2D eigenvalue weighted by Crippen LogP contribution is -2.09. The van der Waals surface area contributed by atoms with Gasteiger partial charge >= 0.3 is 0 Å². The SMILES string of the molecule is COc1cnc(Cl)c(NC(C)=O)n1. The van der Waals surface area contributed by atoms with Gasteiger partial charge in [0.15, 0.2) is 11.0 Å². The number of anilines is 1. The van der Waals surface area contributed by atoms with E-state index in [0.29, 0.717) is 5.88 Å². The van der Waals surface area contributed by atoms with Gasteiger partial charge in [0.25, 0.3) is 0 Å². The summed E-state index contributed by atoms with van der Waals surface area (Å²) in [7, 11) is 1.45. The van der Waals surface area contributed by atoms with Gasteiger partial charge in [-0.05, 0) is 0 Å². The summed E-state index contributed by atoms with van der Waals surface area (Å²) in [5, 5.41) is 2.56. The molecule has 5 nitrogen and oxygen atoms in total. The van der Waals surface area contributed by atoms with Gasteiger partial charge in [-0.25, -0.2) is 4.98 Å². The number of carbonyl (C=O) groups is 1. The molecule has 0 bridgehead atoms. The molecule has 0 spiro atoms. The average Bonchev–Trinajstić information content (AvgIpc) is 2.08.